The van der Waals surface area contributed by atoms with Gasteiger partial charge in [0.25, 0.3) is 0 Å². The number of Topliss-reactive ketones (excluding diaryl/α,β-unsaturated/α-hetero) is 1. The molecule has 4 heteroatoms. The van der Waals surface area contributed by atoms with E-state index >= 15 is 0 Å². The number of methoxy groups -OCH3 is 2. The molecule has 0 bridgehead atoms. The minimum atomic E-state index is -2.80. The van der Waals surface area contributed by atoms with Crippen LogP contribution in [-0.4, -0.2) is 37.8 Å². The predicted molar refractivity (Wildman–Crippen MR) is 117 cm³/mol. The van der Waals surface area contributed by atoms with Gasteiger partial charge in [-0.3, -0.25) is 9.69 Å². The number of ketones is 1. The molecule has 156 valence electrons. The molecule has 29 heavy (non-hydrogen) atoms. The van der Waals surface area contributed by atoms with Gasteiger partial charge in [-0.05, 0) is 68.0 Å². The van der Waals surface area contributed by atoms with Gasteiger partial charge in [-0.2, -0.15) is 0 Å². The van der Waals surface area contributed by atoms with Gasteiger partial charge in [0.15, 0.2) is 17.3 Å². The van der Waals surface area contributed by atoms with Gasteiger partial charge in [0.2, 0.25) is 0 Å². The Kier molecular flexibility index (Phi) is 4.76. The minimum Gasteiger partial charge on any atom is -0.493 e. The maximum absolute atomic E-state index is 13.1. The molecule has 0 radical (unpaired) electrons. The zero-order valence-electron chi connectivity index (χ0n) is 21.8. The number of hydrogen-bond donors (Lipinski definition) is 0. The second-order valence-corrected chi connectivity index (χ2v) is 7.87. The summed E-state index contributed by atoms with van der Waals surface area (Å²) in [7, 11) is -5.56. The second kappa shape index (κ2) is 9.45. The lowest BCUT2D eigenvalue weighted by atomic mass is 9.85. The number of hydrogen-bond acceptors (Lipinski definition) is 4. The minimum absolute atomic E-state index is 0. The molecule has 0 saturated carbocycles. The van der Waals surface area contributed by atoms with Crippen LogP contribution in [0.1, 0.15) is 56.4 Å². The van der Waals surface area contributed by atoms with E-state index in [9.17, 15) is 4.79 Å². The molecule has 0 aromatic heterocycles. The molecule has 4 nitrogen and oxygen atoms in total. The van der Waals surface area contributed by atoms with Gasteiger partial charge in [0.05, 0.1) is 22.3 Å². The average Bonchev–Trinajstić information content (AvgIpc) is 3.03. The first-order valence-electron chi connectivity index (χ1n) is 12.8. The molecule has 1 saturated heterocycles. The Morgan fingerprint density at radius 2 is 1.76 bits per heavy atom. The van der Waals surface area contributed by atoms with Gasteiger partial charge in [0.1, 0.15) is 0 Å². The van der Waals surface area contributed by atoms with Crippen molar-refractivity contribution in [2.24, 2.45) is 11.8 Å². The van der Waals surface area contributed by atoms with Crippen molar-refractivity contribution in [3.05, 3.63) is 59.2 Å². The maximum atomic E-state index is 13.1. The summed E-state index contributed by atoms with van der Waals surface area (Å²) in [6, 6.07) is 13.2. The number of piperidine rings is 1. The number of rotatable bonds is 6. The summed E-state index contributed by atoms with van der Waals surface area (Å²) in [4.78, 5) is 15.6. The van der Waals surface area contributed by atoms with E-state index in [-0.39, 0.29) is 30.6 Å². The summed E-state index contributed by atoms with van der Waals surface area (Å²) in [6.45, 7) is 2.90. The van der Waals surface area contributed by atoms with Crippen molar-refractivity contribution in [2.45, 2.75) is 39.7 Å². The number of likely N-dealkylation sites (tertiary alicyclic amines) is 1. The van der Waals surface area contributed by atoms with Gasteiger partial charge >= 0.3 is 0 Å². The number of nitrogens with zero attached hydrogens (tertiary/aromatic N) is 1. The lowest BCUT2D eigenvalue weighted by molar-refractivity contribution is 0.0895. The van der Waals surface area contributed by atoms with E-state index in [0.717, 1.165) is 38.9 Å². The Balaban J connectivity index is 0.00000342. The largest absolute Gasteiger partial charge is 0.493 e. The first-order valence-corrected chi connectivity index (χ1v) is 9.82. The fraction of sp³-hybridized carbons (Fsp3) is 0.480. The van der Waals surface area contributed by atoms with Crippen molar-refractivity contribution in [3.63, 3.8) is 0 Å². The van der Waals surface area contributed by atoms with Crippen molar-refractivity contribution in [1.29, 1.82) is 0 Å². The van der Waals surface area contributed by atoms with E-state index in [1.807, 2.05) is 6.07 Å². The van der Waals surface area contributed by atoms with Crippen molar-refractivity contribution < 1.29 is 22.5 Å². The summed E-state index contributed by atoms with van der Waals surface area (Å²) in [5, 5.41) is 0. The number of fused-ring (bicyclic) bond motifs is 1. The van der Waals surface area contributed by atoms with Crippen LogP contribution in [0.3, 0.4) is 0 Å². The topological polar surface area (TPSA) is 38.8 Å². The van der Waals surface area contributed by atoms with Crippen LogP contribution in [-0.2, 0) is 13.0 Å². The fourth-order valence-electron chi connectivity index (χ4n) is 4.55. The van der Waals surface area contributed by atoms with Gasteiger partial charge in [-0.25, -0.2) is 0 Å². The van der Waals surface area contributed by atoms with Crippen LogP contribution in [0, 0.1) is 11.8 Å². The quantitative estimate of drug-likeness (QED) is 0.683. The number of carbonyl (C=O) groups is 1. The SMILES string of the molecule is C.[2H]C([2H])([2H])Oc1cc2c(cc1OC([2H])([2H])[2H])C(=O)C(CC1CCN(Cc3ccccc3)CC1)C2. The smallest absolute Gasteiger partial charge is 0.166 e. The Morgan fingerprint density at radius 3 is 2.45 bits per heavy atom. The molecule has 1 aliphatic heterocycles. The lowest BCUT2D eigenvalue weighted by Crippen LogP contribution is -2.34. The first kappa shape index (κ1) is 14.6. The number of ether oxygens (including phenoxy) is 2. The molecule has 4 rings (SSSR count). The van der Waals surface area contributed by atoms with Crippen molar-refractivity contribution >= 4 is 5.78 Å². The van der Waals surface area contributed by atoms with Gasteiger partial charge < -0.3 is 9.47 Å². The van der Waals surface area contributed by atoms with Crippen LogP contribution in [0.25, 0.3) is 0 Å². The van der Waals surface area contributed by atoms with Gasteiger partial charge in [-0.15, -0.1) is 0 Å². The third-order valence-electron chi connectivity index (χ3n) is 6.07. The van der Waals surface area contributed by atoms with Crippen LogP contribution < -0.4 is 9.47 Å². The third kappa shape index (κ3) is 4.64. The molecule has 1 unspecified atom stereocenters. The van der Waals surface area contributed by atoms with Crippen molar-refractivity contribution in [3.8, 4) is 11.5 Å². The Morgan fingerprint density at radius 1 is 1.07 bits per heavy atom. The molecular weight excluding hydrogens is 362 g/mol. The van der Waals surface area contributed by atoms with Crippen molar-refractivity contribution in [1.82, 2.24) is 4.90 Å². The highest BCUT2D eigenvalue weighted by atomic mass is 16.5. The normalized spacial score (nSPS) is 23.4. The molecule has 2 aliphatic rings. The molecule has 1 fully saturated rings. The molecule has 2 aromatic carbocycles. The Bertz CT molecular complexity index is 1010. The van der Waals surface area contributed by atoms with Crippen molar-refractivity contribution in [2.75, 3.05) is 27.2 Å². The summed E-state index contributed by atoms with van der Waals surface area (Å²) in [5.41, 5.74) is 2.37. The van der Waals surface area contributed by atoms with Crippen LogP contribution in [0.15, 0.2) is 42.5 Å². The number of benzene rings is 2. The van der Waals surface area contributed by atoms with Crippen LogP contribution in [0.4, 0.5) is 0 Å². The van der Waals surface area contributed by atoms with E-state index in [2.05, 4.69) is 29.2 Å². The average molecular weight is 402 g/mol. The maximum Gasteiger partial charge on any atom is 0.166 e. The zero-order chi connectivity index (χ0) is 24.5. The summed E-state index contributed by atoms with van der Waals surface area (Å²) < 4.78 is 54.2. The molecule has 2 aromatic rings. The standard InChI is InChI=1S/C24H29NO3.CH4/c1-27-22-14-19-13-20(24(26)21(19)15-23(22)28-2)12-17-8-10-25(11-9-17)16-18-6-4-3-5-7-18;/h3-7,14-15,17,20H,8-13,16H2,1-2H3;1H4/i1D3,2D3;. The highest BCUT2D eigenvalue weighted by molar-refractivity contribution is 6.02. The van der Waals surface area contributed by atoms with Crippen LogP contribution >= 0.6 is 0 Å². The number of carbonyl (C=O) groups excluding carboxylic acids is 1. The third-order valence-corrected chi connectivity index (χ3v) is 6.07. The molecule has 0 amide bonds. The second-order valence-electron chi connectivity index (χ2n) is 7.87. The molecule has 1 aliphatic carbocycles. The van der Waals surface area contributed by atoms with E-state index in [1.54, 1.807) is 0 Å². The predicted octanol–water partition coefficient (Wildman–Crippen LogP) is 5.00. The highest BCUT2D eigenvalue weighted by Gasteiger charge is 2.34. The molecule has 0 spiro atoms. The monoisotopic (exact) mass is 401 g/mol. The first-order chi connectivity index (χ1) is 16.0. The molecule has 1 atom stereocenters. The summed E-state index contributed by atoms with van der Waals surface area (Å²) >= 11 is 0. The van der Waals surface area contributed by atoms with E-state index in [0.29, 0.717) is 23.5 Å². The van der Waals surface area contributed by atoms with E-state index in [4.69, 9.17) is 17.7 Å². The molecule has 0 N–H and O–H groups in total. The zero-order valence-corrected chi connectivity index (χ0v) is 15.8. The Hall–Kier alpha value is -2.33. The summed E-state index contributed by atoms with van der Waals surface area (Å²) in [6.07, 6.45) is 3.29. The van der Waals surface area contributed by atoms with Crippen LogP contribution in [0.2, 0.25) is 0 Å². The molecular formula is C25H33NO3. The van der Waals surface area contributed by atoms with E-state index < -0.39 is 14.1 Å². The van der Waals surface area contributed by atoms with Crippen LogP contribution in [0.5, 0.6) is 11.5 Å². The van der Waals surface area contributed by atoms with E-state index in [1.165, 1.54) is 17.7 Å². The fourth-order valence-corrected chi connectivity index (χ4v) is 4.55. The lowest BCUT2D eigenvalue weighted by Gasteiger charge is -2.32. The highest BCUT2D eigenvalue weighted by Crippen LogP contribution is 2.39. The summed E-state index contributed by atoms with van der Waals surface area (Å²) in [5.74, 6) is -0.246. The van der Waals surface area contributed by atoms with Gasteiger partial charge in [0, 0.05) is 18.0 Å². The molecule has 1 heterocycles. The van der Waals surface area contributed by atoms with Gasteiger partial charge in [-0.1, -0.05) is 37.8 Å². The Labute approximate surface area is 183 Å².